The van der Waals surface area contributed by atoms with Crippen molar-refractivity contribution in [2.75, 3.05) is 0 Å². The van der Waals surface area contributed by atoms with E-state index in [9.17, 15) is 0 Å². The van der Waals surface area contributed by atoms with Crippen molar-refractivity contribution in [3.8, 4) is 0 Å². The molecule has 0 aromatic heterocycles. The Labute approximate surface area is 85.2 Å². The standard InChI is InChI=1S/5ClH.Sn.2H/h5*1H;;;. The molecule has 0 aromatic rings. The van der Waals surface area contributed by atoms with Crippen molar-refractivity contribution in [2.24, 2.45) is 0 Å². The van der Waals surface area contributed by atoms with Gasteiger partial charge < -0.3 is 0 Å². The molecule has 0 aliphatic rings. The molecule has 0 amide bonds. The summed E-state index contributed by atoms with van der Waals surface area (Å²) in [5.74, 6) is 0. The van der Waals surface area contributed by atoms with Crippen LogP contribution in [0.1, 0.15) is 0 Å². The molecule has 0 aromatic carbocycles. The third-order valence-corrected chi connectivity index (χ3v) is 0. The molecule has 6 heavy (non-hydrogen) atoms. The average molecular weight is 303 g/mol. The first-order valence-electron chi connectivity index (χ1n) is 0. The molecule has 0 fully saturated rings. The van der Waals surface area contributed by atoms with E-state index in [1.54, 1.807) is 0 Å². The zero-order chi connectivity index (χ0) is 0. The van der Waals surface area contributed by atoms with Crippen LogP contribution in [0.25, 0.3) is 0 Å². The van der Waals surface area contributed by atoms with Crippen molar-refractivity contribution < 1.29 is 0 Å². The molecule has 0 saturated carbocycles. The molecule has 0 rings (SSSR count). The Hall–Kier alpha value is 2.25. The molecule has 0 saturated heterocycles. The van der Waals surface area contributed by atoms with E-state index in [-0.39, 0.29) is 85.9 Å². The molecule has 0 bridgehead atoms. The number of halogens is 5. The second kappa shape index (κ2) is 56.0. The van der Waals surface area contributed by atoms with Crippen molar-refractivity contribution in [3.63, 3.8) is 0 Å². The molecular formula is H7Cl5Sn. The zero-order valence-corrected chi connectivity index (χ0v) is 10.9. The van der Waals surface area contributed by atoms with Gasteiger partial charge in [0.05, 0.1) is 0 Å². The third kappa shape index (κ3) is 34.0. The number of hydrogen-bond donors (Lipinski definition) is 0. The fraction of sp³-hybridized carbons (Fsp3) is 0. The van der Waals surface area contributed by atoms with Gasteiger partial charge in [-0.25, -0.2) is 0 Å². The summed E-state index contributed by atoms with van der Waals surface area (Å²) in [6, 6.07) is 0. The van der Waals surface area contributed by atoms with Crippen LogP contribution in [-0.4, -0.2) is 23.9 Å². The first-order valence-corrected chi connectivity index (χ1v) is 0. The molecular weight excluding hydrogens is 296 g/mol. The molecule has 0 spiro atoms. The van der Waals surface area contributed by atoms with E-state index in [4.69, 9.17) is 0 Å². The second-order valence-electron chi connectivity index (χ2n) is 0. The molecule has 6 heteroatoms. The van der Waals surface area contributed by atoms with E-state index in [2.05, 4.69) is 0 Å². The van der Waals surface area contributed by atoms with Crippen LogP contribution in [0.5, 0.6) is 0 Å². The predicted octanol–water partition coefficient (Wildman–Crippen LogP) is 1.19. The fourth-order valence-corrected chi connectivity index (χ4v) is 0. The summed E-state index contributed by atoms with van der Waals surface area (Å²) in [5.41, 5.74) is 0. The molecule has 46 valence electrons. The van der Waals surface area contributed by atoms with Gasteiger partial charge in [-0.3, -0.25) is 0 Å². The van der Waals surface area contributed by atoms with E-state index in [0.29, 0.717) is 0 Å². The quantitative estimate of drug-likeness (QED) is 0.590. The molecule has 0 aliphatic heterocycles. The Morgan fingerprint density at radius 3 is 0.333 bits per heavy atom. The van der Waals surface area contributed by atoms with Crippen LogP contribution in [0, 0.1) is 0 Å². The average Bonchev–Trinajstić information content (AvgIpc) is 0. The van der Waals surface area contributed by atoms with Crippen LogP contribution < -0.4 is 0 Å². The fourth-order valence-electron chi connectivity index (χ4n) is 0. The first-order chi connectivity index (χ1) is 0. The van der Waals surface area contributed by atoms with Crippen LogP contribution >= 0.6 is 62.0 Å². The summed E-state index contributed by atoms with van der Waals surface area (Å²) in [6.07, 6.45) is 0. The first kappa shape index (κ1) is 85.7. The van der Waals surface area contributed by atoms with Gasteiger partial charge in [0.25, 0.3) is 0 Å². The van der Waals surface area contributed by atoms with Crippen LogP contribution in [0.2, 0.25) is 0 Å². The molecule has 0 unspecified atom stereocenters. The topological polar surface area (TPSA) is 0 Å². The van der Waals surface area contributed by atoms with Crippen LogP contribution in [0.4, 0.5) is 0 Å². The van der Waals surface area contributed by atoms with Gasteiger partial charge in [-0.15, -0.1) is 62.0 Å². The molecule has 0 heterocycles. The maximum atomic E-state index is 0. The van der Waals surface area contributed by atoms with E-state index in [1.165, 1.54) is 0 Å². The van der Waals surface area contributed by atoms with Gasteiger partial charge in [0, 0.05) is 0 Å². The van der Waals surface area contributed by atoms with E-state index in [0.717, 1.165) is 0 Å². The van der Waals surface area contributed by atoms with Gasteiger partial charge in [0.15, 0.2) is 0 Å². The summed E-state index contributed by atoms with van der Waals surface area (Å²) < 4.78 is 0. The summed E-state index contributed by atoms with van der Waals surface area (Å²) in [4.78, 5) is 0. The summed E-state index contributed by atoms with van der Waals surface area (Å²) in [6.45, 7) is 0. The minimum absolute atomic E-state index is 0. The Morgan fingerprint density at radius 2 is 0.333 bits per heavy atom. The Kier molecular flexibility index (Phi) is 800. The van der Waals surface area contributed by atoms with E-state index < -0.39 is 0 Å². The van der Waals surface area contributed by atoms with Crippen molar-refractivity contribution in [3.05, 3.63) is 0 Å². The predicted molar refractivity (Wildman–Crippen MR) is 44.8 cm³/mol. The zero-order valence-electron chi connectivity index (χ0n) is 2.75. The van der Waals surface area contributed by atoms with Gasteiger partial charge in [-0.1, -0.05) is 0 Å². The van der Waals surface area contributed by atoms with E-state index >= 15 is 0 Å². The normalized spacial score (nSPS) is 0. The monoisotopic (exact) mass is 302 g/mol. The molecule has 2 radical (unpaired) electrons. The third-order valence-electron chi connectivity index (χ3n) is 0. The van der Waals surface area contributed by atoms with Crippen LogP contribution in [0.15, 0.2) is 0 Å². The maximum absolute atomic E-state index is 0. The Bertz CT molecular complexity index is 3.90. The van der Waals surface area contributed by atoms with Gasteiger partial charge >= 0.3 is 23.9 Å². The Morgan fingerprint density at radius 1 is 0.333 bits per heavy atom. The Balaban J connectivity index is 0. The molecule has 0 atom stereocenters. The number of rotatable bonds is 0. The van der Waals surface area contributed by atoms with Gasteiger partial charge in [0.2, 0.25) is 0 Å². The summed E-state index contributed by atoms with van der Waals surface area (Å²) in [5, 5.41) is 0. The SMILES string of the molecule is Cl.Cl.Cl.Cl.Cl.[SnH2]. The summed E-state index contributed by atoms with van der Waals surface area (Å²) in [7, 11) is 0. The number of hydrogen-bond acceptors (Lipinski definition) is 0. The van der Waals surface area contributed by atoms with Crippen molar-refractivity contribution >= 4 is 85.9 Å². The molecule has 0 aliphatic carbocycles. The van der Waals surface area contributed by atoms with E-state index in [1.807, 2.05) is 0 Å². The summed E-state index contributed by atoms with van der Waals surface area (Å²) >= 11 is 0. The van der Waals surface area contributed by atoms with Gasteiger partial charge in [-0.2, -0.15) is 0 Å². The van der Waals surface area contributed by atoms with Gasteiger partial charge in [-0.05, 0) is 0 Å². The molecule has 0 nitrogen and oxygen atoms in total. The minimum atomic E-state index is 0. The van der Waals surface area contributed by atoms with Crippen LogP contribution in [0.3, 0.4) is 0 Å². The second-order valence-corrected chi connectivity index (χ2v) is 0. The van der Waals surface area contributed by atoms with Crippen molar-refractivity contribution in [1.82, 2.24) is 0 Å². The van der Waals surface area contributed by atoms with Crippen LogP contribution in [-0.2, 0) is 0 Å². The molecule has 0 N–H and O–H groups in total. The van der Waals surface area contributed by atoms with Crippen molar-refractivity contribution in [2.45, 2.75) is 0 Å². The van der Waals surface area contributed by atoms with Crippen molar-refractivity contribution in [1.29, 1.82) is 0 Å². The van der Waals surface area contributed by atoms with Gasteiger partial charge in [0.1, 0.15) is 0 Å².